The molecule has 0 radical (unpaired) electrons. The SMILES string of the molecule is CC(=O)O[C@H]1[C@H](OS(=O)(=O)c2ccc(C)cc2)[C@@H]2OC[C@@H](O2)[C@H]1OC(C)=O. The lowest BCUT2D eigenvalue weighted by atomic mass is 10.0. The molecule has 2 heterocycles. The molecule has 5 atom stereocenters. The molecule has 148 valence electrons. The number of aryl methyl sites for hydroxylation is 1. The third-order valence-corrected chi connectivity index (χ3v) is 5.49. The second kappa shape index (κ2) is 7.55. The molecule has 1 aromatic rings. The van der Waals surface area contributed by atoms with Gasteiger partial charge in [-0.2, -0.15) is 8.42 Å². The van der Waals surface area contributed by atoms with E-state index >= 15 is 0 Å². The highest BCUT2D eigenvalue weighted by atomic mass is 32.2. The number of hydrogen-bond donors (Lipinski definition) is 0. The fraction of sp³-hybridized carbons (Fsp3) is 0.529. The minimum Gasteiger partial charge on any atom is -0.456 e. The molecule has 10 heteroatoms. The van der Waals surface area contributed by atoms with Crippen molar-refractivity contribution in [1.29, 1.82) is 0 Å². The van der Waals surface area contributed by atoms with Crippen LogP contribution in [0.25, 0.3) is 0 Å². The van der Waals surface area contributed by atoms with Crippen LogP contribution in [-0.2, 0) is 42.8 Å². The van der Waals surface area contributed by atoms with Gasteiger partial charge in [-0.3, -0.25) is 13.8 Å². The molecule has 2 saturated heterocycles. The van der Waals surface area contributed by atoms with E-state index in [1.807, 2.05) is 6.92 Å². The highest BCUT2D eigenvalue weighted by molar-refractivity contribution is 7.86. The summed E-state index contributed by atoms with van der Waals surface area (Å²) < 4.78 is 52.1. The van der Waals surface area contributed by atoms with E-state index < -0.39 is 52.8 Å². The highest BCUT2D eigenvalue weighted by Gasteiger charge is 2.56. The third-order valence-electron chi connectivity index (χ3n) is 4.17. The van der Waals surface area contributed by atoms with Gasteiger partial charge < -0.3 is 18.9 Å². The van der Waals surface area contributed by atoms with Crippen molar-refractivity contribution < 1.29 is 41.1 Å². The number of esters is 2. The first-order chi connectivity index (χ1) is 12.7. The lowest BCUT2D eigenvalue weighted by Crippen LogP contribution is -2.58. The molecule has 2 aliphatic rings. The Bertz CT molecular complexity index is 817. The average molecular weight is 400 g/mol. The van der Waals surface area contributed by atoms with Gasteiger partial charge in [-0.05, 0) is 19.1 Å². The summed E-state index contributed by atoms with van der Waals surface area (Å²) in [6, 6.07) is 6.05. The van der Waals surface area contributed by atoms with Crippen molar-refractivity contribution in [1.82, 2.24) is 0 Å². The number of fused-ring (bicyclic) bond motifs is 2. The number of carbonyl (C=O) groups excluding carboxylic acids is 2. The van der Waals surface area contributed by atoms with Crippen LogP contribution in [0.4, 0.5) is 0 Å². The Morgan fingerprint density at radius 3 is 2.19 bits per heavy atom. The lowest BCUT2D eigenvalue weighted by Gasteiger charge is -2.38. The van der Waals surface area contributed by atoms with Gasteiger partial charge in [0.15, 0.2) is 24.6 Å². The van der Waals surface area contributed by atoms with E-state index in [9.17, 15) is 18.0 Å². The van der Waals surface area contributed by atoms with Gasteiger partial charge in [0.05, 0.1) is 11.5 Å². The quantitative estimate of drug-likeness (QED) is 0.520. The molecule has 0 N–H and O–H groups in total. The fourth-order valence-electron chi connectivity index (χ4n) is 3.01. The van der Waals surface area contributed by atoms with Crippen LogP contribution < -0.4 is 0 Å². The molecule has 9 nitrogen and oxygen atoms in total. The van der Waals surface area contributed by atoms with E-state index in [1.54, 1.807) is 12.1 Å². The first-order valence-electron chi connectivity index (χ1n) is 8.29. The maximum Gasteiger partial charge on any atom is 0.303 e. The van der Waals surface area contributed by atoms with E-state index in [-0.39, 0.29) is 11.5 Å². The van der Waals surface area contributed by atoms with Crippen LogP contribution in [-0.4, -0.2) is 57.7 Å². The van der Waals surface area contributed by atoms with Crippen molar-refractivity contribution >= 4 is 22.1 Å². The summed E-state index contributed by atoms with van der Waals surface area (Å²) in [5, 5.41) is 0. The standard InChI is InChI=1S/C17H20O9S/c1-9-4-6-12(7-5-9)27(20,21)26-16-15(24-11(3)19)14(23-10(2)18)13-8-22-17(16)25-13/h4-7,13-17H,8H2,1-3H3/t13-,14-,15-,16+,17-/m1/s1. The Balaban J connectivity index is 1.91. The molecule has 0 aliphatic carbocycles. The number of rotatable bonds is 5. The molecule has 0 unspecified atom stereocenters. The summed E-state index contributed by atoms with van der Waals surface area (Å²) in [4.78, 5) is 22.9. The molecule has 2 aliphatic heterocycles. The molecule has 1 aromatic carbocycles. The highest BCUT2D eigenvalue weighted by Crippen LogP contribution is 2.35. The van der Waals surface area contributed by atoms with Crippen LogP contribution in [0, 0.1) is 6.92 Å². The zero-order chi connectivity index (χ0) is 19.8. The molecule has 2 fully saturated rings. The zero-order valence-corrected chi connectivity index (χ0v) is 15.8. The van der Waals surface area contributed by atoms with Gasteiger partial charge >= 0.3 is 11.9 Å². The summed E-state index contributed by atoms with van der Waals surface area (Å²) >= 11 is 0. The van der Waals surface area contributed by atoms with Gasteiger partial charge in [0.25, 0.3) is 10.1 Å². The van der Waals surface area contributed by atoms with E-state index in [2.05, 4.69) is 0 Å². The van der Waals surface area contributed by atoms with Crippen LogP contribution >= 0.6 is 0 Å². The topological polar surface area (TPSA) is 114 Å². The second-order valence-electron chi connectivity index (χ2n) is 6.35. The summed E-state index contributed by atoms with van der Waals surface area (Å²) in [5.74, 6) is -1.31. The van der Waals surface area contributed by atoms with Crippen LogP contribution in [0.2, 0.25) is 0 Å². The Labute approximate surface area is 156 Å². The van der Waals surface area contributed by atoms with E-state index in [0.717, 1.165) is 12.5 Å². The number of hydrogen-bond acceptors (Lipinski definition) is 9. The predicted octanol–water partition coefficient (Wildman–Crippen LogP) is 0.687. The van der Waals surface area contributed by atoms with Crippen molar-refractivity contribution in [3.8, 4) is 0 Å². The molecule has 3 rings (SSSR count). The van der Waals surface area contributed by atoms with E-state index in [1.165, 1.54) is 19.1 Å². The Morgan fingerprint density at radius 1 is 1.00 bits per heavy atom. The summed E-state index contributed by atoms with van der Waals surface area (Å²) in [5.41, 5.74) is 0.879. The van der Waals surface area contributed by atoms with Crippen LogP contribution in [0.15, 0.2) is 29.2 Å². The number of benzene rings is 1. The second-order valence-corrected chi connectivity index (χ2v) is 7.92. The fourth-order valence-corrected chi connectivity index (χ4v) is 4.08. The monoisotopic (exact) mass is 400 g/mol. The zero-order valence-electron chi connectivity index (χ0n) is 15.0. The van der Waals surface area contributed by atoms with Gasteiger partial charge in [0, 0.05) is 13.8 Å². The molecule has 0 amide bonds. The first kappa shape index (κ1) is 19.7. The summed E-state index contributed by atoms with van der Waals surface area (Å²) in [6.07, 6.45) is -5.35. The number of carbonyl (C=O) groups is 2. The lowest BCUT2D eigenvalue weighted by molar-refractivity contribution is -0.236. The smallest absolute Gasteiger partial charge is 0.303 e. The van der Waals surface area contributed by atoms with Crippen molar-refractivity contribution in [2.45, 2.75) is 56.4 Å². The van der Waals surface area contributed by atoms with Crippen molar-refractivity contribution in [2.24, 2.45) is 0 Å². The van der Waals surface area contributed by atoms with Crippen LogP contribution in [0.5, 0.6) is 0 Å². The minimum atomic E-state index is -4.21. The normalized spacial score (nSPS) is 30.0. The Hall–Kier alpha value is -2.01. The van der Waals surface area contributed by atoms with Gasteiger partial charge in [-0.15, -0.1) is 0 Å². The molecule has 27 heavy (non-hydrogen) atoms. The molecular weight excluding hydrogens is 380 g/mol. The molecule has 0 aromatic heterocycles. The molecule has 0 spiro atoms. The van der Waals surface area contributed by atoms with Gasteiger partial charge in [0.1, 0.15) is 6.10 Å². The largest absolute Gasteiger partial charge is 0.456 e. The van der Waals surface area contributed by atoms with E-state index in [0.29, 0.717) is 0 Å². The summed E-state index contributed by atoms with van der Waals surface area (Å²) in [6.45, 7) is 4.21. The maximum absolute atomic E-state index is 12.7. The first-order valence-corrected chi connectivity index (χ1v) is 9.69. The summed E-state index contributed by atoms with van der Waals surface area (Å²) in [7, 11) is -4.21. The molecule has 2 bridgehead atoms. The van der Waals surface area contributed by atoms with Crippen molar-refractivity contribution in [2.75, 3.05) is 6.61 Å². The van der Waals surface area contributed by atoms with Gasteiger partial charge in [0.2, 0.25) is 0 Å². The Kier molecular flexibility index (Phi) is 5.52. The van der Waals surface area contributed by atoms with Gasteiger partial charge in [-0.25, -0.2) is 0 Å². The van der Waals surface area contributed by atoms with Crippen molar-refractivity contribution in [3.05, 3.63) is 29.8 Å². The Morgan fingerprint density at radius 2 is 1.59 bits per heavy atom. The van der Waals surface area contributed by atoms with Crippen molar-refractivity contribution in [3.63, 3.8) is 0 Å². The van der Waals surface area contributed by atoms with Gasteiger partial charge in [-0.1, -0.05) is 17.7 Å². The predicted molar refractivity (Wildman–Crippen MR) is 89.0 cm³/mol. The van der Waals surface area contributed by atoms with Crippen LogP contribution in [0.1, 0.15) is 19.4 Å². The third kappa shape index (κ3) is 4.29. The minimum absolute atomic E-state index is 0.0464. The maximum atomic E-state index is 12.7. The average Bonchev–Trinajstić information content (AvgIpc) is 3.01. The van der Waals surface area contributed by atoms with Crippen LogP contribution in [0.3, 0.4) is 0 Å². The van der Waals surface area contributed by atoms with E-state index in [4.69, 9.17) is 23.1 Å². The number of ether oxygens (including phenoxy) is 4. The molecular formula is C17H20O9S. The molecule has 0 saturated carbocycles.